The summed E-state index contributed by atoms with van der Waals surface area (Å²) in [6.07, 6.45) is 2.52. The molecule has 4 aromatic rings. The van der Waals surface area contributed by atoms with Gasteiger partial charge in [0.1, 0.15) is 5.82 Å². The molecule has 0 spiro atoms. The lowest BCUT2D eigenvalue weighted by Gasteiger charge is -2.17. The Balaban J connectivity index is 1.40. The maximum absolute atomic E-state index is 12.8. The van der Waals surface area contributed by atoms with Crippen LogP contribution in [0, 0.1) is 0 Å². The summed E-state index contributed by atoms with van der Waals surface area (Å²) in [7, 11) is 0. The van der Waals surface area contributed by atoms with Gasteiger partial charge in [-0.1, -0.05) is 54.1 Å². The Morgan fingerprint density at radius 2 is 1.68 bits per heavy atom. The van der Waals surface area contributed by atoms with E-state index in [0.29, 0.717) is 18.0 Å². The molecule has 5 rings (SSSR count). The Morgan fingerprint density at radius 3 is 2.48 bits per heavy atom. The fraction of sp³-hybridized carbons (Fsp3) is 0.231. The van der Waals surface area contributed by atoms with Crippen molar-refractivity contribution in [2.24, 2.45) is 0 Å². The lowest BCUT2D eigenvalue weighted by molar-refractivity contribution is -0.117. The zero-order chi connectivity index (χ0) is 21.2. The van der Waals surface area contributed by atoms with E-state index in [2.05, 4.69) is 53.1 Å². The first-order chi connectivity index (χ1) is 15.2. The minimum atomic E-state index is 0.0762. The number of aryl methyl sites for hydroxylation is 2. The zero-order valence-electron chi connectivity index (χ0n) is 17.2. The third kappa shape index (κ3) is 4.08. The fourth-order valence-electron chi connectivity index (χ4n) is 4.48. The molecule has 1 aromatic heterocycles. The maximum Gasteiger partial charge on any atom is 0.227 e. The van der Waals surface area contributed by atoms with Gasteiger partial charge < -0.3 is 9.47 Å². The van der Waals surface area contributed by atoms with Gasteiger partial charge in [-0.05, 0) is 54.8 Å². The third-order valence-electron chi connectivity index (χ3n) is 6.00. The standard InChI is InChI=1S/C26H24ClN3O/c27-21-12-14-22(15-13-21)30-18-20(17-25(30)31)26-28-23-10-4-5-11-24(23)29(26)16-6-9-19-7-2-1-3-8-19/h1-5,7-8,10-15,20H,6,9,16-18H2. The Hall–Kier alpha value is -3.11. The van der Waals surface area contributed by atoms with Gasteiger partial charge in [-0.2, -0.15) is 0 Å². The predicted octanol–water partition coefficient (Wildman–Crippen LogP) is 5.84. The van der Waals surface area contributed by atoms with Gasteiger partial charge in [-0.15, -0.1) is 0 Å². The first kappa shape index (κ1) is 19.8. The maximum atomic E-state index is 12.8. The molecule has 0 N–H and O–H groups in total. The smallest absolute Gasteiger partial charge is 0.227 e. The number of hydrogen-bond acceptors (Lipinski definition) is 2. The van der Waals surface area contributed by atoms with Crippen LogP contribution >= 0.6 is 11.6 Å². The first-order valence-corrected chi connectivity index (χ1v) is 11.1. The molecule has 3 aromatic carbocycles. The summed E-state index contributed by atoms with van der Waals surface area (Å²) in [6.45, 7) is 1.53. The summed E-state index contributed by atoms with van der Waals surface area (Å²) in [5, 5.41) is 0.673. The molecular weight excluding hydrogens is 406 g/mol. The van der Waals surface area contributed by atoms with Crippen molar-refractivity contribution in [1.29, 1.82) is 0 Å². The van der Waals surface area contributed by atoms with Crippen molar-refractivity contribution in [3.8, 4) is 0 Å². The number of halogens is 1. The highest BCUT2D eigenvalue weighted by atomic mass is 35.5. The van der Waals surface area contributed by atoms with E-state index in [1.54, 1.807) is 0 Å². The van der Waals surface area contributed by atoms with Gasteiger partial charge in [0.25, 0.3) is 0 Å². The second-order valence-electron chi connectivity index (χ2n) is 8.08. The molecule has 1 aliphatic heterocycles. The van der Waals surface area contributed by atoms with Crippen LogP contribution < -0.4 is 4.90 Å². The van der Waals surface area contributed by atoms with Crippen LogP contribution in [-0.2, 0) is 17.8 Å². The molecule has 0 bridgehead atoms. The van der Waals surface area contributed by atoms with E-state index < -0.39 is 0 Å². The average molecular weight is 430 g/mol. The van der Waals surface area contributed by atoms with E-state index in [1.165, 1.54) is 5.56 Å². The van der Waals surface area contributed by atoms with E-state index in [-0.39, 0.29) is 11.8 Å². The highest BCUT2D eigenvalue weighted by Crippen LogP contribution is 2.33. The number of hydrogen-bond donors (Lipinski definition) is 0. The number of amides is 1. The van der Waals surface area contributed by atoms with Crippen molar-refractivity contribution in [2.45, 2.75) is 31.7 Å². The van der Waals surface area contributed by atoms with Gasteiger partial charge in [0.05, 0.1) is 11.0 Å². The zero-order valence-corrected chi connectivity index (χ0v) is 18.0. The molecule has 1 amide bonds. The average Bonchev–Trinajstić information content (AvgIpc) is 3.36. The van der Waals surface area contributed by atoms with Gasteiger partial charge >= 0.3 is 0 Å². The molecular formula is C26H24ClN3O. The van der Waals surface area contributed by atoms with Crippen molar-refractivity contribution in [2.75, 3.05) is 11.4 Å². The molecule has 31 heavy (non-hydrogen) atoms. The number of anilines is 1. The number of benzene rings is 3. The van der Waals surface area contributed by atoms with Gasteiger partial charge in [-0.25, -0.2) is 4.98 Å². The molecule has 2 heterocycles. The molecule has 156 valence electrons. The summed E-state index contributed by atoms with van der Waals surface area (Å²) in [5.74, 6) is 1.22. The third-order valence-corrected chi connectivity index (χ3v) is 6.25. The Labute approximate surface area is 187 Å². The minimum Gasteiger partial charge on any atom is -0.328 e. The SMILES string of the molecule is O=C1CC(c2nc3ccccc3n2CCCc2ccccc2)CN1c1ccc(Cl)cc1. The molecule has 1 saturated heterocycles. The van der Waals surface area contributed by atoms with E-state index in [1.807, 2.05) is 35.2 Å². The molecule has 5 heteroatoms. The number of fused-ring (bicyclic) bond motifs is 1. The lowest BCUT2D eigenvalue weighted by atomic mass is 10.1. The monoisotopic (exact) mass is 429 g/mol. The highest BCUT2D eigenvalue weighted by Gasteiger charge is 2.34. The van der Waals surface area contributed by atoms with Crippen molar-refractivity contribution < 1.29 is 4.79 Å². The van der Waals surface area contributed by atoms with Crippen molar-refractivity contribution >= 4 is 34.2 Å². The number of aromatic nitrogens is 2. The molecule has 0 saturated carbocycles. The minimum absolute atomic E-state index is 0.0762. The van der Waals surface area contributed by atoms with Crippen molar-refractivity contribution in [3.05, 3.63) is 95.3 Å². The second-order valence-corrected chi connectivity index (χ2v) is 8.52. The topological polar surface area (TPSA) is 38.1 Å². The van der Waals surface area contributed by atoms with Crippen molar-refractivity contribution in [3.63, 3.8) is 0 Å². The molecule has 1 atom stereocenters. The van der Waals surface area contributed by atoms with Gasteiger partial charge in [0, 0.05) is 36.1 Å². The number of nitrogens with zero attached hydrogens (tertiary/aromatic N) is 3. The van der Waals surface area contributed by atoms with Crippen LogP contribution in [0.15, 0.2) is 78.9 Å². The van der Waals surface area contributed by atoms with Crippen LogP contribution in [0.1, 0.15) is 30.1 Å². The number of rotatable bonds is 6. The Morgan fingerprint density at radius 1 is 0.935 bits per heavy atom. The fourth-order valence-corrected chi connectivity index (χ4v) is 4.60. The van der Waals surface area contributed by atoms with E-state index in [4.69, 9.17) is 16.6 Å². The Bertz CT molecular complexity index is 1200. The molecule has 4 nitrogen and oxygen atoms in total. The van der Waals surface area contributed by atoms with E-state index in [0.717, 1.165) is 41.9 Å². The van der Waals surface area contributed by atoms with Gasteiger partial charge in [0.2, 0.25) is 5.91 Å². The number of carbonyl (C=O) groups is 1. The largest absolute Gasteiger partial charge is 0.328 e. The molecule has 1 unspecified atom stereocenters. The van der Waals surface area contributed by atoms with Crippen LogP contribution in [0.5, 0.6) is 0 Å². The quantitative estimate of drug-likeness (QED) is 0.386. The first-order valence-electron chi connectivity index (χ1n) is 10.7. The molecule has 1 fully saturated rings. The van der Waals surface area contributed by atoms with Crippen LogP contribution in [0.4, 0.5) is 5.69 Å². The van der Waals surface area contributed by atoms with Crippen LogP contribution in [0.25, 0.3) is 11.0 Å². The molecule has 0 radical (unpaired) electrons. The van der Waals surface area contributed by atoms with Crippen LogP contribution in [0.2, 0.25) is 5.02 Å². The Kier molecular flexibility index (Phi) is 5.47. The van der Waals surface area contributed by atoms with E-state index >= 15 is 0 Å². The summed E-state index contributed by atoms with van der Waals surface area (Å²) in [4.78, 5) is 19.6. The predicted molar refractivity (Wildman–Crippen MR) is 126 cm³/mol. The number of para-hydroxylation sites is 2. The number of carbonyl (C=O) groups excluding carboxylic acids is 1. The summed E-state index contributed by atoms with van der Waals surface area (Å²) in [6, 6.07) is 26.3. The normalized spacial score (nSPS) is 16.4. The lowest BCUT2D eigenvalue weighted by Crippen LogP contribution is -2.24. The summed E-state index contributed by atoms with van der Waals surface area (Å²) >= 11 is 6.02. The van der Waals surface area contributed by atoms with Crippen LogP contribution in [-0.4, -0.2) is 22.0 Å². The molecule has 0 aliphatic carbocycles. The second kappa shape index (κ2) is 8.56. The number of imidazole rings is 1. The summed E-state index contributed by atoms with van der Waals surface area (Å²) < 4.78 is 2.32. The summed E-state index contributed by atoms with van der Waals surface area (Å²) in [5.41, 5.74) is 4.37. The van der Waals surface area contributed by atoms with E-state index in [9.17, 15) is 4.79 Å². The molecule has 1 aliphatic rings. The van der Waals surface area contributed by atoms with Gasteiger partial charge in [0.15, 0.2) is 0 Å². The van der Waals surface area contributed by atoms with Gasteiger partial charge in [-0.3, -0.25) is 4.79 Å². The highest BCUT2D eigenvalue weighted by molar-refractivity contribution is 6.30. The van der Waals surface area contributed by atoms with Crippen molar-refractivity contribution in [1.82, 2.24) is 9.55 Å². The van der Waals surface area contributed by atoms with Crippen LogP contribution in [0.3, 0.4) is 0 Å².